The van der Waals surface area contributed by atoms with Gasteiger partial charge in [-0.25, -0.2) is 9.78 Å². The summed E-state index contributed by atoms with van der Waals surface area (Å²) in [6.07, 6.45) is 1.60. The molecule has 0 aliphatic carbocycles. The molecule has 0 atom stereocenters. The number of amides is 1. The fourth-order valence-electron chi connectivity index (χ4n) is 1.65. The molecule has 0 spiro atoms. The molecule has 1 aromatic rings. The maximum atomic E-state index is 12.4. The van der Waals surface area contributed by atoms with Crippen LogP contribution < -0.4 is 0 Å². The highest BCUT2D eigenvalue weighted by molar-refractivity contribution is 6.29. The summed E-state index contributed by atoms with van der Waals surface area (Å²) >= 11 is 5.91. The van der Waals surface area contributed by atoms with Crippen LogP contribution in [-0.2, 0) is 11.2 Å². The van der Waals surface area contributed by atoms with Crippen molar-refractivity contribution in [2.45, 2.75) is 39.2 Å². The molecule has 0 fully saturated rings. The van der Waals surface area contributed by atoms with Crippen LogP contribution >= 0.6 is 11.6 Å². The first-order valence-electron chi connectivity index (χ1n) is 6.38. The maximum absolute atomic E-state index is 12.4. The van der Waals surface area contributed by atoms with Gasteiger partial charge in [0.1, 0.15) is 10.7 Å². The molecule has 20 heavy (non-hydrogen) atoms. The van der Waals surface area contributed by atoms with Crippen LogP contribution in [0.1, 0.15) is 43.2 Å². The van der Waals surface area contributed by atoms with E-state index < -0.39 is 11.5 Å². The second kappa shape index (κ2) is 6.22. The molecule has 1 amide bonds. The molecule has 0 aliphatic rings. The van der Waals surface area contributed by atoms with E-state index in [1.807, 2.05) is 6.92 Å². The Morgan fingerprint density at radius 3 is 2.50 bits per heavy atom. The molecule has 0 radical (unpaired) electrons. The number of carboxylic acid groups (broad SMARTS) is 1. The van der Waals surface area contributed by atoms with Gasteiger partial charge in [-0.15, -0.1) is 0 Å². The van der Waals surface area contributed by atoms with Gasteiger partial charge in [0, 0.05) is 18.3 Å². The van der Waals surface area contributed by atoms with Crippen molar-refractivity contribution in [1.82, 2.24) is 9.88 Å². The molecule has 1 aromatic heterocycles. The number of hydrogen-bond acceptors (Lipinski definition) is 3. The average Bonchev–Trinajstić information content (AvgIpc) is 2.36. The van der Waals surface area contributed by atoms with Crippen LogP contribution in [0.15, 0.2) is 12.1 Å². The lowest BCUT2D eigenvalue weighted by atomic mass is 10.0. The molecule has 0 bridgehead atoms. The van der Waals surface area contributed by atoms with E-state index in [4.69, 9.17) is 16.7 Å². The van der Waals surface area contributed by atoms with Crippen molar-refractivity contribution in [3.05, 3.63) is 28.5 Å². The summed E-state index contributed by atoms with van der Waals surface area (Å²) < 4.78 is 0. The van der Waals surface area contributed by atoms with E-state index >= 15 is 0 Å². The monoisotopic (exact) mass is 298 g/mol. The molecule has 110 valence electrons. The first-order chi connectivity index (χ1) is 9.20. The topological polar surface area (TPSA) is 70.5 Å². The quantitative estimate of drug-likeness (QED) is 0.848. The fourth-order valence-corrected chi connectivity index (χ4v) is 1.88. The number of nitrogens with zero attached hydrogens (tertiary/aromatic N) is 2. The van der Waals surface area contributed by atoms with Crippen LogP contribution in [-0.4, -0.2) is 39.5 Å². The molecule has 0 unspecified atom stereocenters. The number of carboxylic acids is 1. The smallest absolute Gasteiger partial charge is 0.329 e. The zero-order valence-corrected chi connectivity index (χ0v) is 12.9. The van der Waals surface area contributed by atoms with Gasteiger partial charge in [-0.1, -0.05) is 24.9 Å². The van der Waals surface area contributed by atoms with Crippen LogP contribution in [0.5, 0.6) is 0 Å². The Balaban J connectivity index is 3.11. The van der Waals surface area contributed by atoms with Crippen LogP contribution in [0.3, 0.4) is 0 Å². The van der Waals surface area contributed by atoms with Gasteiger partial charge in [-0.3, -0.25) is 4.79 Å². The van der Waals surface area contributed by atoms with Gasteiger partial charge in [-0.05, 0) is 32.4 Å². The molecule has 0 aromatic carbocycles. The molecule has 1 N–H and O–H groups in total. The van der Waals surface area contributed by atoms with Crippen molar-refractivity contribution in [2.75, 3.05) is 7.05 Å². The number of carbonyl (C=O) groups is 2. The van der Waals surface area contributed by atoms with Crippen molar-refractivity contribution in [1.29, 1.82) is 0 Å². The minimum Gasteiger partial charge on any atom is -0.480 e. The van der Waals surface area contributed by atoms with Crippen molar-refractivity contribution >= 4 is 23.5 Å². The van der Waals surface area contributed by atoms with E-state index in [1.165, 1.54) is 31.9 Å². The molecular formula is C14H19ClN2O3. The van der Waals surface area contributed by atoms with Crippen molar-refractivity contribution in [3.8, 4) is 0 Å². The molecule has 1 heterocycles. The summed E-state index contributed by atoms with van der Waals surface area (Å²) in [5.41, 5.74) is -0.215. The molecule has 0 aliphatic heterocycles. The van der Waals surface area contributed by atoms with Crippen LogP contribution in [0, 0.1) is 0 Å². The van der Waals surface area contributed by atoms with Crippen LogP contribution in [0.25, 0.3) is 0 Å². The van der Waals surface area contributed by atoms with Gasteiger partial charge in [0.15, 0.2) is 0 Å². The number of pyridine rings is 1. The van der Waals surface area contributed by atoms with Crippen molar-refractivity contribution < 1.29 is 14.7 Å². The van der Waals surface area contributed by atoms with E-state index in [9.17, 15) is 9.59 Å². The SMILES string of the molecule is CCCc1cc(C(=O)N(C)C(C)(C)C(=O)O)cc(Cl)n1. The fraction of sp³-hybridized carbons (Fsp3) is 0.500. The molecule has 1 rings (SSSR count). The van der Waals surface area contributed by atoms with Gasteiger partial charge in [0.05, 0.1) is 0 Å². The highest BCUT2D eigenvalue weighted by Gasteiger charge is 2.35. The van der Waals surface area contributed by atoms with Gasteiger partial charge in [0.2, 0.25) is 0 Å². The molecule has 5 nitrogen and oxygen atoms in total. The third-order valence-corrected chi connectivity index (χ3v) is 3.46. The molecule has 0 saturated heterocycles. The highest BCUT2D eigenvalue weighted by Crippen LogP contribution is 2.19. The van der Waals surface area contributed by atoms with E-state index in [0.29, 0.717) is 12.0 Å². The summed E-state index contributed by atoms with van der Waals surface area (Å²) in [6.45, 7) is 4.95. The summed E-state index contributed by atoms with van der Waals surface area (Å²) in [4.78, 5) is 28.9. The Morgan fingerprint density at radius 1 is 1.40 bits per heavy atom. The van der Waals surface area contributed by atoms with Gasteiger partial charge >= 0.3 is 5.97 Å². The first-order valence-corrected chi connectivity index (χ1v) is 6.76. The Morgan fingerprint density at radius 2 is 2.00 bits per heavy atom. The number of carbonyl (C=O) groups excluding carboxylic acids is 1. The van der Waals surface area contributed by atoms with Gasteiger partial charge < -0.3 is 10.0 Å². The van der Waals surface area contributed by atoms with Crippen LogP contribution in [0.4, 0.5) is 0 Å². The van der Waals surface area contributed by atoms with E-state index in [-0.39, 0.29) is 11.1 Å². The Hall–Kier alpha value is -1.62. The predicted molar refractivity (Wildman–Crippen MR) is 77.1 cm³/mol. The standard InChI is InChI=1S/C14H19ClN2O3/c1-5-6-10-7-9(8-11(15)16-10)12(18)17(4)14(2,3)13(19)20/h7-8H,5-6H2,1-4H3,(H,19,20). The largest absolute Gasteiger partial charge is 0.480 e. The number of halogens is 1. The Labute approximate surface area is 123 Å². The third-order valence-electron chi connectivity index (χ3n) is 3.27. The third kappa shape index (κ3) is 3.48. The second-order valence-electron chi connectivity index (χ2n) is 5.15. The number of rotatable bonds is 5. The van der Waals surface area contributed by atoms with Crippen molar-refractivity contribution in [3.63, 3.8) is 0 Å². The number of hydrogen-bond donors (Lipinski definition) is 1. The predicted octanol–water partition coefficient (Wildman–Crippen LogP) is 2.62. The second-order valence-corrected chi connectivity index (χ2v) is 5.54. The summed E-state index contributed by atoms with van der Waals surface area (Å²) in [5, 5.41) is 9.41. The lowest BCUT2D eigenvalue weighted by molar-refractivity contribution is -0.147. The number of aromatic nitrogens is 1. The van der Waals surface area contributed by atoms with E-state index in [0.717, 1.165) is 12.1 Å². The zero-order chi connectivity index (χ0) is 15.5. The molecule has 0 saturated carbocycles. The Bertz CT molecular complexity index is 529. The van der Waals surface area contributed by atoms with Gasteiger partial charge in [0.25, 0.3) is 5.91 Å². The summed E-state index contributed by atoms with van der Waals surface area (Å²) in [6, 6.07) is 3.11. The maximum Gasteiger partial charge on any atom is 0.329 e. The van der Waals surface area contributed by atoms with E-state index in [1.54, 1.807) is 6.07 Å². The van der Waals surface area contributed by atoms with Gasteiger partial charge in [-0.2, -0.15) is 0 Å². The normalized spacial score (nSPS) is 11.2. The average molecular weight is 299 g/mol. The minimum atomic E-state index is -1.29. The first kappa shape index (κ1) is 16.4. The zero-order valence-electron chi connectivity index (χ0n) is 12.1. The highest BCUT2D eigenvalue weighted by atomic mass is 35.5. The Kier molecular flexibility index (Phi) is 5.11. The number of likely N-dealkylation sites (N-methyl/N-ethyl adjacent to an activating group) is 1. The summed E-state index contributed by atoms with van der Waals surface area (Å²) in [5.74, 6) is -1.46. The van der Waals surface area contributed by atoms with Crippen LogP contribution in [0.2, 0.25) is 5.15 Å². The molecule has 6 heteroatoms. The summed E-state index contributed by atoms with van der Waals surface area (Å²) in [7, 11) is 1.46. The number of aliphatic carboxylic acids is 1. The minimum absolute atomic E-state index is 0.237. The lowest BCUT2D eigenvalue weighted by Gasteiger charge is -2.31. The molecular weight excluding hydrogens is 280 g/mol. The lowest BCUT2D eigenvalue weighted by Crippen LogP contribution is -2.50. The van der Waals surface area contributed by atoms with E-state index in [2.05, 4.69) is 4.98 Å². The number of aryl methyl sites for hydroxylation is 1. The van der Waals surface area contributed by atoms with Crippen molar-refractivity contribution in [2.24, 2.45) is 0 Å².